The number of nitrogens with zero attached hydrogens (tertiary/aromatic N) is 4. The molecule has 0 radical (unpaired) electrons. The van der Waals surface area contributed by atoms with Gasteiger partial charge in [-0.15, -0.1) is 0 Å². The van der Waals surface area contributed by atoms with E-state index in [1.165, 1.54) is 30.8 Å². The maximum Gasteiger partial charge on any atom is 0.407 e. The number of carbonyl (C=O) groups excluding carboxylic acids is 4. The molecule has 2 aromatic carbocycles. The molecule has 0 aliphatic carbocycles. The third-order valence-corrected chi connectivity index (χ3v) is 9.41. The molecule has 52 heavy (non-hydrogen) atoms. The second-order valence-electron chi connectivity index (χ2n) is 13.6. The van der Waals surface area contributed by atoms with Crippen molar-refractivity contribution in [1.29, 1.82) is 0 Å². The molecule has 2 aliphatic heterocycles. The van der Waals surface area contributed by atoms with Gasteiger partial charge in [-0.1, -0.05) is 48.5 Å². The van der Waals surface area contributed by atoms with Crippen molar-refractivity contribution < 1.29 is 38.9 Å². The number of imidazole rings is 2. The van der Waals surface area contributed by atoms with Gasteiger partial charge in [0, 0.05) is 25.9 Å². The molecular formula is C36H42N8O8. The van der Waals surface area contributed by atoms with Crippen LogP contribution in [-0.2, 0) is 19.1 Å². The zero-order valence-corrected chi connectivity index (χ0v) is 29.2. The van der Waals surface area contributed by atoms with E-state index in [-0.39, 0.29) is 25.4 Å². The number of nitrogens with one attached hydrogen (secondary N) is 3. The Hall–Kier alpha value is -5.74. The largest absolute Gasteiger partial charge is 0.453 e. The highest BCUT2D eigenvalue weighted by atomic mass is 16.6. The summed E-state index contributed by atoms with van der Waals surface area (Å²) in [5, 5.41) is 23.2. The molecule has 7 N–H and O–H groups in total. The topological polar surface area (TPSA) is 229 Å². The zero-order chi connectivity index (χ0) is 37.3. The molecule has 274 valence electrons. The predicted octanol–water partition coefficient (Wildman–Crippen LogP) is 3.02. The van der Waals surface area contributed by atoms with E-state index < -0.39 is 54.0 Å². The Labute approximate surface area is 299 Å². The van der Waals surface area contributed by atoms with Gasteiger partial charge in [-0.05, 0) is 43.0 Å². The lowest BCUT2D eigenvalue weighted by molar-refractivity contribution is -0.149. The van der Waals surface area contributed by atoms with Gasteiger partial charge in [0.25, 0.3) is 5.91 Å². The quantitative estimate of drug-likeness (QED) is 0.148. The third kappa shape index (κ3) is 7.48. The van der Waals surface area contributed by atoms with Gasteiger partial charge >= 0.3 is 12.2 Å². The van der Waals surface area contributed by atoms with Crippen LogP contribution in [0.15, 0.2) is 60.9 Å². The number of nitrogens with two attached hydrogens (primary N) is 1. The number of rotatable bonds is 9. The number of benzene rings is 2. The van der Waals surface area contributed by atoms with E-state index in [4.69, 9.17) is 10.5 Å². The standard InChI is InChI=1S/C36H42N8O8/c1-19(40-35(50)51-4)32(47)43-17-24(45)13-28(43)30-38-15-26(41-30)22-9-5-20(6-10-22)21-7-11-23(12-8-21)27-16-39-31(42-27)29-14-25(46)18-44(29)33(48)36(2,3)52-34(37)49/h5-12,15-16,19,24-25,28-29,45-46H,13-14,17-18H2,1-4H3,(H2,37,49)(H,38,41)(H,39,42)(H,40,50)/t19-,24+,25+,28-,29-/m0/s1. The molecule has 2 fully saturated rings. The van der Waals surface area contributed by atoms with Crippen molar-refractivity contribution >= 4 is 24.0 Å². The highest BCUT2D eigenvalue weighted by Crippen LogP contribution is 2.36. The number of aromatic amines is 2. The van der Waals surface area contributed by atoms with Crippen molar-refractivity contribution in [2.45, 2.75) is 69.5 Å². The molecule has 0 bridgehead atoms. The van der Waals surface area contributed by atoms with Gasteiger partial charge in [0.15, 0.2) is 5.60 Å². The van der Waals surface area contributed by atoms with Crippen LogP contribution in [0.2, 0.25) is 0 Å². The number of alkyl carbamates (subject to hydrolysis) is 1. The van der Waals surface area contributed by atoms with Crippen LogP contribution in [0.1, 0.15) is 57.3 Å². The van der Waals surface area contributed by atoms with Gasteiger partial charge in [-0.3, -0.25) is 9.59 Å². The van der Waals surface area contributed by atoms with E-state index in [0.717, 1.165) is 33.6 Å². The van der Waals surface area contributed by atoms with Crippen molar-refractivity contribution in [3.05, 3.63) is 72.6 Å². The van der Waals surface area contributed by atoms with Gasteiger partial charge in [0.2, 0.25) is 5.91 Å². The summed E-state index contributed by atoms with van der Waals surface area (Å²) in [6.07, 6.45) is 0.699. The molecule has 6 rings (SSSR count). The maximum absolute atomic E-state index is 13.2. The molecule has 4 aromatic rings. The van der Waals surface area contributed by atoms with Gasteiger partial charge in [-0.25, -0.2) is 19.6 Å². The predicted molar refractivity (Wildman–Crippen MR) is 187 cm³/mol. The summed E-state index contributed by atoms with van der Waals surface area (Å²) in [5.41, 5.74) is 8.86. The highest BCUT2D eigenvalue weighted by molar-refractivity contribution is 5.87. The second kappa shape index (κ2) is 14.5. The molecule has 0 unspecified atom stereocenters. The first-order valence-corrected chi connectivity index (χ1v) is 16.9. The number of likely N-dealkylation sites (tertiary alicyclic amines) is 2. The molecule has 0 spiro atoms. The summed E-state index contributed by atoms with van der Waals surface area (Å²) >= 11 is 0. The van der Waals surface area contributed by atoms with Crippen molar-refractivity contribution in [1.82, 2.24) is 35.1 Å². The van der Waals surface area contributed by atoms with Crippen molar-refractivity contribution in [3.8, 4) is 33.6 Å². The first-order chi connectivity index (χ1) is 24.7. The smallest absolute Gasteiger partial charge is 0.407 e. The van der Waals surface area contributed by atoms with Crippen LogP contribution in [-0.4, -0.2) is 108 Å². The van der Waals surface area contributed by atoms with E-state index in [0.29, 0.717) is 18.1 Å². The third-order valence-electron chi connectivity index (χ3n) is 9.41. The van der Waals surface area contributed by atoms with Crippen LogP contribution in [0.3, 0.4) is 0 Å². The summed E-state index contributed by atoms with van der Waals surface area (Å²) in [6.45, 7) is 4.67. The second-order valence-corrected chi connectivity index (χ2v) is 13.6. The van der Waals surface area contributed by atoms with Gasteiger partial charge < -0.3 is 50.5 Å². The number of H-pyrrole nitrogens is 2. The average molecular weight is 715 g/mol. The number of β-amino-alcohol motifs (C(OH)–C–C–N with tert-alkyl or cyclic N) is 2. The lowest BCUT2D eigenvalue weighted by Gasteiger charge is -2.31. The fourth-order valence-corrected chi connectivity index (χ4v) is 6.79. The number of aliphatic hydroxyl groups is 2. The number of carbonyl (C=O) groups is 4. The fourth-order valence-electron chi connectivity index (χ4n) is 6.79. The Morgan fingerprint density at radius 2 is 1.27 bits per heavy atom. The number of aromatic nitrogens is 4. The normalized spacial score (nSPS) is 20.8. The van der Waals surface area contributed by atoms with E-state index in [1.54, 1.807) is 19.3 Å². The molecule has 16 heteroatoms. The molecule has 4 heterocycles. The van der Waals surface area contributed by atoms with Gasteiger partial charge in [0.1, 0.15) is 17.7 Å². The molecule has 16 nitrogen and oxygen atoms in total. The van der Waals surface area contributed by atoms with Crippen LogP contribution in [0, 0.1) is 0 Å². The van der Waals surface area contributed by atoms with E-state index in [9.17, 15) is 29.4 Å². The molecule has 4 amide bonds. The summed E-state index contributed by atoms with van der Waals surface area (Å²) in [5.74, 6) is 0.210. The van der Waals surface area contributed by atoms with Crippen molar-refractivity contribution in [3.63, 3.8) is 0 Å². The summed E-state index contributed by atoms with van der Waals surface area (Å²) in [4.78, 5) is 67.9. The molecule has 2 aliphatic rings. The minimum atomic E-state index is -1.51. The van der Waals surface area contributed by atoms with E-state index in [2.05, 4.69) is 30.0 Å². The van der Waals surface area contributed by atoms with Gasteiger partial charge in [-0.2, -0.15) is 0 Å². The first-order valence-electron chi connectivity index (χ1n) is 16.9. The zero-order valence-electron chi connectivity index (χ0n) is 29.2. The SMILES string of the molecule is COC(=O)N[C@@H](C)C(=O)N1C[C@H](O)C[C@H]1c1ncc(-c2ccc(-c3ccc(-c4cnc([C@@H]5C[C@@H](O)CN5C(=O)C(C)(C)OC(N)=O)[nH]4)cc3)cc2)[nH]1. The summed E-state index contributed by atoms with van der Waals surface area (Å²) < 4.78 is 9.63. The lowest BCUT2D eigenvalue weighted by Crippen LogP contribution is -2.48. The minimum Gasteiger partial charge on any atom is -0.453 e. The molecule has 0 saturated carbocycles. The van der Waals surface area contributed by atoms with Crippen LogP contribution >= 0.6 is 0 Å². The number of methoxy groups -OCH3 is 1. The Morgan fingerprint density at radius 1 is 0.827 bits per heavy atom. The van der Waals surface area contributed by atoms with Crippen molar-refractivity contribution in [2.24, 2.45) is 5.73 Å². The Kier molecular flexibility index (Phi) is 10.0. The number of aliphatic hydroxyl groups excluding tert-OH is 2. The minimum absolute atomic E-state index is 0.0708. The van der Waals surface area contributed by atoms with Crippen LogP contribution in [0.25, 0.3) is 33.6 Å². The van der Waals surface area contributed by atoms with Crippen molar-refractivity contribution in [2.75, 3.05) is 20.2 Å². The Balaban J connectivity index is 1.12. The highest BCUT2D eigenvalue weighted by Gasteiger charge is 2.44. The van der Waals surface area contributed by atoms with E-state index >= 15 is 0 Å². The maximum atomic E-state index is 13.2. The van der Waals surface area contributed by atoms with Crippen LogP contribution < -0.4 is 11.1 Å². The summed E-state index contributed by atoms with van der Waals surface area (Å²) in [7, 11) is 1.22. The van der Waals surface area contributed by atoms with Gasteiger partial charge in [0.05, 0.1) is 55.2 Å². The monoisotopic (exact) mass is 714 g/mol. The van der Waals surface area contributed by atoms with Crippen LogP contribution in [0.4, 0.5) is 9.59 Å². The molecular weight excluding hydrogens is 672 g/mol. The number of amides is 4. The number of ether oxygens (including phenoxy) is 2. The average Bonchev–Trinajstić information content (AvgIpc) is 3.93. The Bertz CT molecular complexity index is 1940. The van der Waals surface area contributed by atoms with Crippen LogP contribution in [0.5, 0.6) is 0 Å². The number of primary amides is 1. The fraction of sp³-hybridized carbons (Fsp3) is 0.389. The molecule has 5 atom stereocenters. The lowest BCUT2D eigenvalue weighted by atomic mass is 10.0. The molecule has 2 saturated heterocycles. The van der Waals surface area contributed by atoms with E-state index in [1.807, 2.05) is 48.5 Å². The number of hydrogen-bond donors (Lipinski definition) is 6. The summed E-state index contributed by atoms with van der Waals surface area (Å²) in [6, 6.07) is 14.0. The first kappa shape index (κ1) is 36.1. The Morgan fingerprint density at radius 3 is 1.73 bits per heavy atom. The number of hydrogen-bond acceptors (Lipinski definition) is 10. The molecule has 2 aromatic heterocycles.